The molecule has 0 fully saturated rings. The fourth-order valence-electron chi connectivity index (χ4n) is 1.17. The summed E-state index contributed by atoms with van der Waals surface area (Å²) in [5.74, 6) is 0.311. The van der Waals surface area contributed by atoms with Crippen LogP contribution < -0.4 is 0 Å². The summed E-state index contributed by atoms with van der Waals surface area (Å²) in [6.45, 7) is 4.70. The van der Waals surface area contributed by atoms with E-state index in [2.05, 4.69) is 13.8 Å². The van der Waals surface area contributed by atoms with E-state index in [0.29, 0.717) is 18.9 Å². The highest BCUT2D eigenvalue weighted by Crippen LogP contribution is 2.04. The van der Waals surface area contributed by atoms with Crippen molar-refractivity contribution in [2.75, 3.05) is 6.61 Å². The van der Waals surface area contributed by atoms with E-state index in [4.69, 9.17) is 4.74 Å². The molecular formula is C13H18O2. The van der Waals surface area contributed by atoms with Gasteiger partial charge >= 0.3 is 5.97 Å². The lowest BCUT2D eigenvalue weighted by Gasteiger charge is -2.09. The Bertz CT molecular complexity index is 293. The quantitative estimate of drug-likeness (QED) is 0.692. The number of carbonyl (C=O) groups excluding carboxylic acids is 1. The molecule has 15 heavy (non-hydrogen) atoms. The predicted molar refractivity (Wildman–Crippen MR) is 60.6 cm³/mol. The summed E-state index contributed by atoms with van der Waals surface area (Å²) in [5.41, 5.74) is 1.01. The van der Waals surface area contributed by atoms with Crippen LogP contribution in [0.25, 0.3) is 0 Å². The minimum atomic E-state index is -0.137. The van der Waals surface area contributed by atoms with Crippen LogP contribution in [-0.2, 0) is 16.0 Å². The lowest BCUT2D eigenvalue weighted by Crippen LogP contribution is -2.13. The standard InChI is InChI=1S/C13H18O2/c1-3-11(2)10-15-13(14)9-12-7-5-4-6-8-12/h4-8,11H,3,9-10H2,1-2H3/t11-/m0/s1. The monoisotopic (exact) mass is 206 g/mol. The molecule has 0 aliphatic heterocycles. The molecule has 0 amide bonds. The van der Waals surface area contributed by atoms with E-state index in [1.807, 2.05) is 30.3 Å². The zero-order valence-corrected chi connectivity index (χ0v) is 9.40. The molecule has 0 aromatic heterocycles. The third-order valence-electron chi connectivity index (χ3n) is 2.42. The molecule has 0 saturated heterocycles. The summed E-state index contributed by atoms with van der Waals surface area (Å²) in [6, 6.07) is 9.66. The second-order valence-corrected chi connectivity index (χ2v) is 3.86. The maximum atomic E-state index is 11.4. The third-order valence-corrected chi connectivity index (χ3v) is 2.42. The molecular weight excluding hydrogens is 188 g/mol. The molecule has 2 nitrogen and oxygen atoms in total. The Morgan fingerprint density at radius 2 is 2.00 bits per heavy atom. The summed E-state index contributed by atoms with van der Waals surface area (Å²) >= 11 is 0. The molecule has 0 bridgehead atoms. The minimum absolute atomic E-state index is 0.137. The van der Waals surface area contributed by atoms with Gasteiger partial charge in [0.25, 0.3) is 0 Å². The number of benzene rings is 1. The van der Waals surface area contributed by atoms with Crippen molar-refractivity contribution in [1.29, 1.82) is 0 Å². The lowest BCUT2D eigenvalue weighted by molar-refractivity contribution is -0.144. The van der Waals surface area contributed by atoms with Gasteiger partial charge in [0.05, 0.1) is 13.0 Å². The number of esters is 1. The molecule has 0 heterocycles. The van der Waals surface area contributed by atoms with E-state index in [0.717, 1.165) is 12.0 Å². The number of hydrogen-bond acceptors (Lipinski definition) is 2. The Kier molecular flexibility index (Phi) is 4.88. The molecule has 0 N–H and O–H groups in total. The second kappa shape index (κ2) is 6.23. The summed E-state index contributed by atoms with van der Waals surface area (Å²) in [6.07, 6.45) is 1.41. The first-order chi connectivity index (χ1) is 7.22. The Hall–Kier alpha value is -1.31. The average molecular weight is 206 g/mol. The van der Waals surface area contributed by atoms with E-state index in [1.54, 1.807) is 0 Å². The van der Waals surface area contributed by atoms with Crippen molar-refractivity contribution in [3.8, 4) is 0 Å². The van der Waals surface area contributed by atoms with Gasteiger partial charge in [0, 0.05) is 0 Å². The number of ether oxygens (including phenoxy) is 1. The smallest absolute Gasteiger partial charge is 0.310 e. The van der Waals surface area contributed by atoms with Gasteiger partial charge in [0.15, 0.2) is 0 Å². The highest BCUT2D eigenvalue weighted by molar-refractivity contribution is 5.72. The van der Waals surface area contributed by atoms with Crippen LogP contribution in [0.2, 0.25) is 0 Å². The van der Waals surface area contributed by atoms with Crippen molar-refractivity contribution in [1.82, 2.24) is 0 Å². The molecule has 2 heteroatoms. The molecule has 0 aliphatic carbocycles. The zero-order chi connectivity index (χ0) is 11.1. The fraction of sp³-hybridized carbons (Fsp3) is 0.462. The Balaban J connectivity index is 2.31. The Morgan fingerprint density at radius 1 is 1.33 bits per heavy atom. The van der Waals surface area contributed by atoms with Gasteiger partial charge in [-0.2, -0.15) is 0 Å². The molecule has 1 aromatic rings. The predicted octanol–water partition coefficient (Wildman–Crippen LogP) is 2.82. The van der Waals surface area contributed by atoms with E-state index in [-0.39, 0.29) is 5.97 Å². The van der Waals surface area contributed by atoms with Crippen LogP contribution in [0.4, 0.5) is 0 Å². The van der Waals surface area contributed by atoms with E-state index < -0.39 is 0 Å². The SMILES string of the molecule is CC[C@H](C)COC(=O)Cc1ccccc1. The highest BCUT2D eigenvalue weighted by atomic mass is 16.5. The van der Waals surface area contributed by atoms with E-state index >= 15 is 0 Å². The normalized spacial score (nSPS) is 12.1. The molecule has 1 atom stereocenters. The molecule has 0 radical (unpaired) electrons. The van der Waals surface area contributed by atoms with Crippen LogP contribution in [0.15, 0.2) is 30.3 Å². The first-order valence-corrected chi connectivity index (χ1v) is 5.42. The van der Waals surface area contributed by atoms with E-state index in [1.165, 1.54) is 0 Å². The Labute approximate surface area is 91.3 Å². The van der Waals surface area contributed by atoms with Gasteiger partial charge in [0.1, 0.15) is 0 Å². The van der Waals surface area contributed by atoms with Crippen LogP contribution in [0, 0.1) is 5.92 Å². The van der Waals surface area contributed by atoms with Crippen LogP contribution in [0.5, 0.6) is 0 Å². The summed E-state index contributed by atoms with van der Waals surface area (Å²) in [4.78, 5) is 11.4. The van der Waals surface area contributed by atoms with Gasteiger partial charge in [-0.05, 0) is 11.5 Å². The van der Waals surface area contributed by atoms with Crippen molar-refractivity contribution < 1.29 is 9.53 Å². The van der Waals surface area contributed by atoms with Gasteiger partial charge in [-0.25, -0.2) is 0 Å². The van der Waals surface area contributed by atoms with Crippen molar-refractivity contribution in [3.05, 3.63) is 35.9 Å². The van der Waals surface area contributed by atoms with Gasteiger partial charge in [0.2, 0.25) is 0 Å². The van der Waals surface area contributed by atoms with Gasteiger partial charge in [-0.3, -0.25) is 4.79 Å². The maximum Gasteiger partial charge on any atom is 0.310 e. The zero-order valence-electron chi connectivity index (χ0n) is 9.40. The molecule has 1 rings (SSSR count). The molecule has 82 valence electrons. The topological polar surface area (TPSA) is 26.3 Å². The van der Waals surface area contributed by atoms with Crippen LogP contribution in [0.1, 0.15) is 25.8 Å². The second-order valence-electron chi connectivity index (χ2n) is 3.86. The largest absolute Gasteiger partial charge is 0.465 e. The van der Waals surface area contributed by atoms with Crippen molar-refractivity contribution in [2.24, 2.45) is 5.92 Å². The van der Waals surface area contributed by atoms with Crippen LogP contribution in [0.3, 0.4) is 0 Å². The number of rotatable bonds is 5. The minimum Gasteiger partial charge on any atom is -0.465 e. The van der Waals surface area contributed by atoms with Gasteiger partial charge in [-0.1, -0.05) is 50.6 Å². The number of carbonyl (C=O) groups is 1. The third kappa shape index (κ3) is 4.63. The van der Waals surface area contributed by atoms with E-state index in [9.17, 15) is 4.79 Å². The van der Waals surface area contributed by atoms with Gasteiger partial charge < -0.3 is 4.74 Å². The molecule has 1 aromatic carbocycles. The average Bonchev–Trinajstić information content (AvgIpc) is 2.27. The van der Waals surface area contributed by atoms with Crippen molar-refractivity contribution >= 4 is 5.97 Å². The summed E-state index contributed by atoms with van der Waals surface area (Å²) in [7, 11) is 0. The molecule has 0 spiro atoms. The maximum absolute atomic E-state index is 11.4. The lowest BCUT2D eigenvalue weighted by atomic mass is 10.1. The fourth-order valence-corrected chi connectivity index (χ4v) is 1.17. The number of hydrogen-bond donors (Lipinski definition) is 0. The van der Waals surface area contributed by atoms with Crippen molar-refractivity contribution in [3.63, 3.8) is 0 Å². The van der Waals surface area contributed by atoms with Gasteiger partial charge in [-0.15, -0.1) is 0 Å². The highest BCUT2D eigenvalue weighted by Gasteiger charge is 2.06. The first kappa shape index (κ1) is 11.8. The molecule has 0 saturated carbocycles. The summed E-state index contributed by atoms with van der Waals surface area (Å²) in [5, 5.41) is 0. The van der Waals surface area contributed by atoms with Crippen LogP contribution >= 0.6 is 0 Å². The molecule has 0 unspecified atom stereocenters. The Morgan fingerprint density at radius 3 is 2.60 bits per heavy atom. The molecule has 0 aliphatic rings. The summed E-state index contributed by atoms with van der Waals surface area (Å²) < 4.78 is 5.16. The first-order valence-electron chi connectivity index (χ1n) is 5.42. The van der Waals surface area contributed by atoms with Crippen molar-refractivity contribution in [2.45, 2.75) is 26.7 Å². The van der Waals surface area contributed by atoms with Crippen LogP contribution in [-0.4, -0.2) is 12.6 Å².